The molecule has 4 aromatic rings. The summed E-state index contributed by atoms with van der Waals surface area (Å²) in [4.78, 5) is 52.7. The van der Waals surface area contributed by atoms with E-state index in [-0.39, 0.29) is 24.3 Å². The van der Waals surface area contributed by atoms with Crippen LogP contribution in [0.25, 0.3) is 32.3 Å². The van der Waals surface area contributed by atoms with Crippen molar-refractivity contribution in [3.63, 3.8) is 0 Å². The summed E-state index contributed by atoms with van der Waals surface area (Å²) in [6.07, 6.45) is 6.40. The molecule has 0 aliphatic heterocycles. The second-order valence-electron chi connectivity index (χ2n) is 11.4. The number of carbonyl (C=O) groups is 4. The molecule has 0 spiro atoms. The van der Waals surface area contributed by atoms with E-state index in [1.54, 1.807) is 36.4 Å². The van der Waals surface area contributed by atoms with Crippen LogP contribution in [0.15, 0.2) is 48.5 Å². The minimum absolute atomic E-state index is 0.0952. The molecule has 0 aliphatic carbocycles. The van der Waals surface area contributed by atoms with Gasteiger partial charge in [-0.3, -0.25) is 0 Å². The average Bonchev–Trinajstić information content (AvgIpc) is 3.07. The Morgan fingerprint density at radius 2 is 0.717 bits per heavy atom. The van der Waals surface area contributed by atoms with Gasteiger partial charge in [-0.2, -0.15) is 0 Å². The van der Waals surface area contributed by atoms with Gasteiger partial charge in [-0.05, 0) is 94.4 Å². The number of benzene rings is 4. The van der Waals surface area contributed by atoms with Crippen molar-refractivity contribution in [2.75, 3.05) is 26.4 Å². The molecule has 0 aromatic heterocycles. The second-order valence-corrected chi connectivity index (χ2v) is 11.4. The molecule has 8 heteroatoms. The first-order chi connectivity index (χ1) is 22.3. The third-order valence-corrected chi connectivity index (χ3v) is 7.90. The van der Waals surface area contributed by atoms with Gasteiger partial charge in [0.2, 0.25) is 0 Å². The number of carbonyl (C=O) groups excluding carboxylic acids is 4. The summed E-state index contributed by atoms with van der Waals surface area (Å²) in [5, 5.41) is 4.24. The smallest absolute Gasteiger partial charge is 0.339 e. The highest BCUT2D eigenvalue weighted by atomic mass is 16.5. The van der Waals surface area contributed by atoms with Crippen molar-refractivity contribution in [3.05, 3.63) is 70.8 Å². The van der Waals surface area contributed by atoms with E-state index in [1.807, 2.05) is 39.8 Å². The van der Waals surface area contributed by atoms with E-state index in [4.69, 9.17) is 18.9 Å². The molecule has 8 nitrogen and oxygen atoms in total. The van der Waals surface area contributed by atoms with E-state index in [2.05, 4.69) is 0 Å². The van der Waals surface area contributed by atoms with Crippen molar-refractivity contribution in [2.45, 2.75) is 79.1 Å². The zero-order valence-electron chi connectivity index (χ0n) is 27.4. The van der Waals surface area contributed by atoms with E-state index in [0.29, 0.717) is 53.3 Å². The topological polar surface area (TPSA) is 105 Å². The Labute approximate surface area is 270 Å². The van der Waals surface area contributed by atoms with Gasteiger partial charge in [0.1, 0.15) is 0 Å². The van der Waals surface area contributed by atoms with Crippen molar-refractivity contribution in [1.29, 1.82) is 0 Å². The van der Waals surface area contributed by atoms with E-state index < -0.39 is 23.9 Å². The van der Waals surface area contributed by atoms with Crippen LogP contribution in [0.3, 0.4) is 0 Å². The normalized spacial score (nSPS) is 11.1. The molecular weight excluding hydrogens is 584 g/mol. The zero-order chi connectivity index (χ0) is 33.1. The zero-order valence-corrected chi connectivity index (χ0v) is 27.4. The highest BCUT2D eigenvalue weighted by molar-refractivity contribution is 6.28. The Hall–Kier alpha value is -4.46. The Kier molecular flexibility index (Phi) is 12.5. The molecule has 0 saturated heterocycles. The molecule has 0 radical (unpaired) electrons. The maximum Gasteiger partial charge on any atom is 0.339 e. The Morgan fingerprint density at radius 1 is 0.413 bits per heavy atom. The molecule has 0 saturated carbocycles. The van der Waals surface area contributed by atoms with Gasteiger partial charge >= 0.3 is 23.9 Å². The van der Waals surface area contributed by atoms with Crippen LogP contribution in [0, 0.1) is 0 Å². The van der Waals surface area contributed by atoms with E-state index in [9.17, 15) is 19.2 Å². The Balaban J connectivity index is 1.98. The van der Waals surface area contributed by atoms with Crippen molar-refractivity contribution in [3.8, 4) is 0 Å². The first-order valence-electron chi connectivity index (χ1n) is 16.5. The van der Waals surface area contributed by atoms with Gasteiger partial charge in [-0.25, -0.2) is 19.2 Å². The summed E-state index contributed by atoms with van der Waals surface area (Å²) < 4.78 is 22.1. The standard InChI is InChI=1S/C38H44O8/c1-5-9-17-43-35(39)25-14-16-28-29(21-25)27-15-13-26(36(40)44-18-10-6-2)22-30(27)32-24-34(38(42)46-20-12-8-4)33(23-31(28)32)37(41)45-19-11-7-3/h13-16,21-24H,5-12,17-20H2,1-4H3. The quantitative estimate of drug-likeness (QED) is 0.0524. The van der Waals surface area contributed by atoms with Crippen LogP contribution < -0.4 is 0 Å². The minimum Gasteiger partial charge on any atom is -0.462 e. The van der Waals surface area contributed by atoms with Gasteiger partial charge in [0.15, 0.2) is 0 Å². The first kappa shape index (κ1) is 34.4. The molecule has 0 amide bonds. The van der Waals surface area contributed by atoms with Crippen LogP contribution in [0.1, 0.15) is 120 Å². The molecule has 0 atom stereocenters. The maximum absolute atomic E-state index is 13.4. The number of rotatable bonds is 16. The lowest BCUT2D eigenvalue weighted by Crippen LogP contribution is -2.15. The minimum atomic E-state index is -0.619. The Morgan fingerprint density at radius 3 is 1.09 bits per heavy atom. The monoisotopic (exact) mass is 628 g/mol. The highest BCUT2D eigenvalue weighted by Crippen LogP contribution is 2.38. The molecule has 4 aromatic carbocycles. The summed E-state index contributed by atoms with van der Waals surface area (Å²) in [6.45, 7) is 9.14. The molecule has 0 N–H and O–H groups in total. The lowest BCUT2D eigenvalue weighted by atomic mass is 9.89. The highest BCUT2D eigenvalue weighted by Gasteiger charge is 2.24. The number of fused-ring (bicyclic) bond motifs is 6. The van der Waals surface area contributed by atoms with Gasteiger partial charge in [0.25, 0.3) is 0 Å². The SMILES string of the molecule is CCCCOC(=O)c1ccc2c(c1)c1ccc(C(=O)OCCCC)cc1c1cc(C(=O)OCCCC)c(C(=O)OCCCC)cc21. The number of ether oxygens (including phenoxy) is 4. The van der Waals surface area contributed by atoms with Crippen molar-refractivity contribution in [2.24, 2.45) is 0 Å². The number of esters is 4. The molecule has 0 heterocycles. The molecule has 244 valence electrons. The molecule has 46 heavy (non-hydrogen) atoms. The summed E-state index contributed by atoms with van der Waals surface area (Å²) >= 11 is 0. The molecular formula is C38H44O8. The molecule has 0 unspecified atom stereocenters. The van der Waals surface area contributed by atoms with E-state index >= 15 is 0 Å². The third kappa shape index (κ3) is 8.03. The van der Waals surface area contributed by atoms with E-state index in [0.717, 1.165) is 54.7 Å². The fourth-order valence-corrected chi connectivity index (χ4v) is 5.20. The van der Waals surface area contributed by atoms with Crippen molar-refractivity contribution >= 4 is 56.2 Å². The Bertz CT molecular complexity index is 1690. The van der Waals surface area contributed by atoms with Gasteiger partial charge in [0.05, 0.1) is 48.7 Å². The fraction of sp³-hybridized carbons (Fsp3) is 0.421. The largest absolute Gasteiger partial charge is 0.462 e. The van der Waals surface area contributed by atoms with Gasteiger partial charge in [-0.1, -0.05) is 65.5 Å². The second kappa shape index (κ2) is 16.7. The van der Waals surface area contributed by atoms with E-state index in [1.165, 1.54) is 0 Å². The molecule has 0 fully saturated rings. The van der Waals surface area contributed by atoms with Crippen LogP contribution in [0.5, 0.6) is 0 Å². The average molecular weight is 629 g/mol. The summed E-state index contributed by atoms with van der Waals surface area (Å²) in [5.41, 5.74) is 0.943. The third-order valence-electron chi connectivity index (χ3n) is 7.90. The molecule has 0 aliphatic rings. The fourth-order valence-electron chi connectivity index (χ4n) is 5.20. The maximum atomic E-state index is 13.4. The van der Waals surface area contributed by atoms with Gasteiger partial charge in [-0.15, -0.1) is 0 Å². The van der Waals surface area contributed by atoms with Crippen LogP contribution in [0.2, 0.25) is 0 Å². The first-order valence-corrected chi connectivity index (χ1v) is 16.5. The van der Waals surface area contributed by atoms with Gasteiger partial charge < -0.3 is 18.9 Å². The van der Waals surface area contributed by atoms with Gasteiger partial charge in [0, 0.05) is 0 Å². The number of hydrogen-bond donors (Lipinski definition) is 0. The van der Waals surface area contributed by atoms with Crippen LogP contribution in [-0.2, 0) is 18.9 Å². The lowest BCUT2D eigenvalue weighted by Gasteiger charge is -2.16. The van der Waals surface area contributed by atoms with Crippen molar-refractivity contribution in [1.82, 2.24) is 0 Å². The summed E-state index contributed by atoms with van der Waals surface area (Å²) in [6, 6.07) is 13.9. The molecule has 4 rings (SSSR count). The number of hydrogen-bond acceptors (Lipinski definition) is 8. The van der Waals surface area contributed by atoms with Crippen molar-refractivity contribution < 1.29 is 38.1 Å². The number of unbranched alkanes of at least 4 members (excludes halogenated alkanes) is 4. The summed E-state index contributed by atoms with van der Waals surface area (Å²) in [7, 11) is 0. The predicted molar refractivity (Wildman–Crippen MR) is 180 cm³/mol. The molecule has 0 bridgehead atoms. The van der Waals surface area contributed by atoms with Crippen LogP contribution in [0.4, 0.5) is 0 Å². The van der Waals surface area contributed by atoms with Crippen LogP contribution in [-0.4, -0.2) is 50.3 Å². The lowest BCUT2D eigenvalue weighted by molar-refractivity contribution is 0.0452. The van der Waals surface area contributed by atoms with Crippen LogP contribution >= 0.6 is 0 Å². The summed E-state index contributed by atoms with van der Waals surface area (Å²) in [5.74, 6) is -2.11. The predicted octanol–water partition coefficient (Wildman–Crippen LogP) is 8.97.